The van der Waals surface area contributed by atoms with Crippen LogP contribution in [0.5, 0.6) is 0 Å². The number of non-ortho nitro benzene ring substituents is 1. The van der Waals surface area contributed by atoms with Crippen molar-refractivity contribution in [2.45, 2.75) is 12.8 Å². The molecule has 3 aromatic rings. The second-order valence-electron chi connectivity index (χ2n) is 7.80. The van der Waals surface area contributed by atoms with E-state index >= 15 is 0 Å². The lowest BCUT2D eigenvalue weighted by atomic mass is 10.1. The Balaban J connectivity index is 1.43. The lowest BCUT2D eigenvalue weighted by molar-refractivity contribution is -0.383. The van der Waals surface area contributed by atoms with Crippen molar-refractivity contribution in [2.75, 3.05) is 44.2 Å². The summed E-state index contributed by atoms with van der Waals surface area (Å²) in [4.78, 5) is 31.0. The van der Waals surface area contributed by atoms with Crippen molar-refractivity contribution in [1.29, 1.82) is 0 Å². The summed E-state index contributed by atoms with van der Waals surface area (Å²) in [5.41, 5.74) is -1.80. The molecule has 1 aliphatic heterocycles. The van der Waals surface area contributed by atoms with Crippen LogP contribution in [0, 0.1) is 10.1 Å². The number of nitro groups is 1. The number of nitro benzene ring substituents is 1. The van der Waals surface area contributed by atoms with Crippen LogP contribution >= 0.6 is 11.3 Å². The zero-order valence-electron chi connectivity index (χ0n) is 18.0. The number of nitrogens with zero attached hydrogens (tertiary/aromatic N) is 4. The fourth-order valence-electron chi connectivity index (χ4n) is 3.70. The summed E-state index contributed by atoms with van der Waals surface area (Å²) in [5, 5.41) is 11.3. The summed E-state index contributed by atoms with van der Waals surface area (Å²) < 4.78 is 45.0. The number of piperazine rings is 1. The number of hydrogen-bond donors (Lipinski definition) is 0. The molecule has 4 rings (SSSR count). The van der Waals surface area contributed by atoms with Crippen LogP contribution in [0.1, 0.15) is 11.1 Å². The largest absolute Gasteiger partial charge is 0.416 e. The first kappa shape index (κ1) is 24.0. The van der Waals surface area contributed by atoms with Crippen molar-refractivity contribution >= 4 is 32.2 Å². The van der Waals surface area contributed by atoms with Crippen LogP contribution in [0.2, 0.25) is 0 Å². The van der Waals surface area contributed by atoms with Crippen LogP contribution in [-0.2, 0) is 17.5 Å². The highest BCUT2D eigenvalue weighted by Gasteiger charge is 2.34. The minimum atomic E-state index is -4.81. The van der Waals surface area contributed by atoms with E-state index < -0.39 is 33.3 Å². The molecule has 0 aliphatic carbocycles. The van der Waals surface area contributed by atoms with Gasteiger partial charge in [-0.3, -0.25) is 19.8 Å². The Labute approximate surface area is 196 Å². The number of aromatic nitrogens is 1. The average molecular weight is 494 g/mol. The van der Waals surface area contributed by atoms with E-state index in [9.17, 15) is 28.1 Å². The maximum absolute atomic E-state index is 13.1. The van der Waals surface area contributed by atoms with E-state index in [0.29, 0.717) is 51.5 Å². The van der Waals surface area contributed by atoms with Gasteiger partial charge in [0.15, 0.2) is 5.13 Å². The maximum Gasteiger partial charge on any atom is 0.416 e. The highest BCUT2D eigenvalue weighted by molar-refractivity contribution is 7.22. The van der Waals surface area contributed by atoms with Crippen LogP contribution < -0.4 is 10.5 Å². The Morgan fingerprint density at radius 1 is 1.12 bits per heavy atom. The molecule has 0 radical (unpaired) electrons. The molecule has 1 aromatic heterocycles. The molecule has 180 valence electrons. The number of rotatable bonds is 7. The van der Waals surface area contributed by atoms with E-state index in [2.05, 4.69) is 9.88 Å². The number of halogens is 3. The van der Waals surface area contributed by atoms with Gasteiger partial charge in [-0.05, 0) is 11.6 Å². The van der Waals surface area contributed by atoms with Gasteiger partial charge in [0.25, 0.3) is 11.2 Å². The van der Waals surface area contributed by atoms with Gasteiger partial charge in [0, 0.05) is 38.8 Å². The fraction of sp³-hybridized carbons (Fsp3) is 0.364. The van der Waals surface area contributed by atoms with Gasteiger partial charge in [-0.25, -0.2) is 0 Å². The molecule has 8 nitrogen and oxygen atoms in total. The van der Waals surface area contributed by atoms with Gasteiger partial charge in [0.2, 0.25) is 0 Å². The van der Waals surface area contributed by atoms with Crippen molar-refractivity contribution < 1.29 is 22.8 Å². The van der Waals surface area contributed by atoms with E-state index in [4.69, 9.17) is 4.74 Å². The van der Waals surface area contributed by atoms with Crippen LogP contribution in [0.4, 0.5) is 24.0 Å². The number of fused-ring (bicyclic) bond motifs is 1. The molecule has 0 bridgehead atoms. The number of benzene rings is 2. The van der Waals surface area contributed by atoms with Gasteiger partial charge < -0.3 is 9.64 Å². The summed E-state index contributed by atoms with van der Waals surface area (Å²) in [6.45, 7) is 4.22. The van der Waals surface area contributed by atoms with Gasteiger partial charge in [0.1, 0.15) is 4.70 Å². The smallest absolute Gasteiger partial charge is 0.375 e. The maximum atomic E-state index is 13.1. The summed E-state index contributed by atoms with van der Waals surface area (Å²) in [7, 11) is 0. The Morgan fingerprint density at radius 3 is 2.47 bits per heavy atom. The van der Waals surface area contributed by atoms with Gasteiger partial charge >= 0.3 is 6.18 Å². The van der Waals surface area contributed by atoms with Gasteiger partial charge in [-0.2, -0.15) is 18.2 Å². The molecular weight excluding hydrogens is 473 g/mol. The number of alkyl halides is 3. The van der Waals surface area contributed by atoms with Crippen molar-refractivity contribution in [3.8, 4) is 0 Å². The average Bonchev–Trinajstić information content (AvgIpc) is 2.81. The molecule has 0 amide bonds. The summed E-state index contributed by atoms with van der Waals surface area (Å²) >= 11 is 0.865. The molecule has 12 heteroatoms. The summed E-state index contributed by atoms with van der Waals surface area (Å²) in [6.07, 6.45) is -4.81. The molecule has 2 aromatic carbocycles. The normalized spacial score (nSPS) is 15.1. The van der Waals surface area contributed by atoms with Crippen molar-refractivity contribution in [2.24, 2.45) is 0 Å². The van der Waals surface area contributed by atoms with E-state index in [1.165, 1.54) is 0 Å². The second-order valence-corrected chi connectivity index (χ2v) is 8.77. The SMILES string of the molecule is O=c1nc(N2CCN(CCOCc3ccccc3)CC2)sc2c([N+](=O)[O-])cc(C(F)(F)F)cc12. The highest BCUT2D eigenvalue weighted by atomic mass is 32.1. The van der Waals surface area contributed by atoms with Crippen LogP contribution in [0.3, 0.4) is 0 Å². The molecular formula is C22H21F3N4O4S. The third-order valence-electron chi connectivity index (χ3n) is 5.52. The van der Waals surface area contributed by atoms with Crippen LogP contribution in [0.15, 0.2) is 47.3 Å². The monoisotopic (exact) mass is 494 g/mol. The molecule has 0 atom stereocenters. The molecule has 0 unspecified atom stereocenters. The zero-order valence-corrected chi connectivity index (χ0v) is 18.8. The molecule has 0 spiro atoms. The van der Waals surface area contributed by atoms with Crippen molar-refractivity contribution in [3.63, 3.8) is 0 Å². The minimum Gasteiger partial charge on any atom is -0.375 e. The summed E-state index contributed by atoms with van der Waals surface area (Å²) in [5.74, 6) is 0. The lowest BCUT2D eigenvalue weighted by Crippen LogP contribution is -2.47. The molecule has 0 N–H and O–H groups in total. The first-order valence-electron chi connectivity index (χ1n) is 10.5. The van der Waals surface area contributed by atoms with Crippen LogP contribution in [0.25, 0.3) is 10.1 Å². The van der Waals surface area contributed by atoms with Gasteiger partial charge in [-0.15, -0.1) is 0 Å². The molecule has 0 saturated carbocycles. The minimum absolute atomic E-state index is 0.107. The number of hydrogen-bond acceptors (Lipinski definition) is 8. The Bertz CT molecular complexity index is 1230. The van der Waals surface area contributed by atoms with Crippen molar-refractivity contribution in [1.82, 2.24) is 9.88 Å². The number of anilines is 1. The first-order valence-corrected chi connectivity index (χ1v) is 11.3. The molecule has 1 aliphatic rings. The van der Waals surface area contributed by atoms with E-state index in [0.717, 1.165) is 23.4 Å². The van der Waals surface area contributed by atoms with Crippen LogP contribution in [-0.4, -0.2) is 54.1 Å². The van der Waals surface area contributed by atoms with Crippen molar-refractivity contribution in [3.05, 3.63) is 74.1 Å². The van der Waals surface area contributed by atoms with E-state index in [1.54, 1.807) is 0 Å². The third kappa shape index (κ3) is 5.51. The number of ether oxygens (including phenoxy) is 1. The highest BCUT2D eigenvalue weighted by Crippen LogP contribution is 2.38. The van der Waals surface area contributed by atoms with Gasteiger partial charge in [-0.1, -0.05) is 41.7 Å². The Morgan fingerprint density at radius 2 is 1.82 bits per heavy atom. The lowest BCUT2D eigenvalue weighted by Gasteiger charge is -2.34. The second kappa shape index (κ2) is 10.0. The zero-order chi connectivity index (χ0) is 24.3. The molecule has 1 fully saturated rings. The first-order chi connectivity index (χ1) is 16.2. The quantitative estimate of drug-likeness (QED) is 0.279. The third-order valence-corrected chi connectivity index (χ3v) is 6.69. The predicted octanol–water partition coefficient (Wildman–Crippen LogP) is 3.92. The fourth-order valence-corrected chi connectivity index (χ4v) is 4.81. The topological polar surface area (TPSA) is 88.8 Å². The standard InChI is InChI=1S/C22H21F3N4O4S/c23-22(24,25)16-12-17-19(18(13-16)29(31)32)34-21(26-20(17)30)28-8-6-27(7-9-28)10-11-33-14-15-4-2-1-3-5-15/h1-5,12-13H,6-11,14H2. The molecule has 34 heavy (non-hydrogen) atoms. The molecule has 1 saturated heterocycles. The van der Waals surface area contributed by atoms with E-state index in [-0.39, 0.29) is 9.83 Å². The Kier molecular flexibility index (Phi) is 7.10. The van der Waals surface area contributed by atoms with E-state index in [1.807, 2.05) is 35.2 Å². The Hall–Kier alpha value is -3.09. The predicted molar refractivity (Wildman–Crippen MR) is 122 cm³/mol. The summed E-state index contributed by atoms with van der Waals surface area (Å²) in [6, 6.07) is 10.9. The molecule has 2 heterocycles. The van der Waals surface area contributed by atoms with Gasteiger partial charge in [0.05, 0.1) is 29.1 Å².